The first-order chi connectivity index (χ1) is 13.3. The Balaban J connectivity index is 1.73. The van der Waals surface area contributed by atoms with Gasteiger partial charge in [-0.2, -0.15) is 8.42 Å². The molecule has 0 aliphatic carbocycles. The second-order valence-electron chi connectivity index (χ2n) is 6.38. The Kier molecular flexibility index (Phi) is 5.83. The molecule has 0 N–H and O–H groups in total. The summed E-state index contributed by atoms with van der Waals surface area (Å²) in [5, 5.41) is 0. The molecule has 1 fully saturated rings. The average molecular weight is 410 g/mol. The van der Waals surface area contributed by atoms with E-state index in [1.807, 2.05) is 0 Å². The third-order valence-electron chi connectivity index (χ3n) is 4.41. The maximum Gasteiger partial charge on any atom is 0.339 e. The topological polar surface area (TPSA) is 66.9 Å². The molecule has 0 aromatic heterocycles. The highest BCUT2D eigenvalue weighted by atomic mass is 32.2. The highest BCUT2D eigenvalue weighted by Gasteiger charge is 2.29. The van der Waals surface area contributed by atoms with Crippen molar-refractivity contribution in [1.82, 2.24) is 4.90 Å². The quantitative estimate of drug-likeness (QED) is 0.652. The molecule has 0 bridgehead atoms. The van der Waals surface area contributed by atoms with Crippen LogP contribution < -0.4 is 9.08 Å². The Bertz CT molecular complexity index is 964. The van der Waals surface area contributed by atoms with Crippen molar-refractivity contribution in [2.75, 3.05) is 24.5 Å². The molecule has 150 valence electrons. The number of halogens is 2. The maximum absolute atomic E-state index is 13.2. The maximum atomic E-state index is 13.2. The normalized spacial score (nSPS) is 14.6. The van der Waals surface area contributed by atoms with E-state index in [4.69, 9.17) is 4.18 Å². The van der Waals surface area contributed by atoms with Crippen molar-refractivity contribution in [2.45, 2.75) is 24.7 Å². The van der Waals surface area contributed by atoms with Crippen LogP contribution in [0.15, 0.2) is 47.4 Å². The Morgan fingerprint density at radius 1 is 1.04 bits per heavy atom. The molecule has 1 heterocycles. The fourth-order valence-corrected chi connectivity index (χ4v) is 3.80. The summed E-state index contributed by atoms with van der Waals surface area (Å²) in [6.07, 6.45) is 1.92. The first-order valence-corrected chi connectivity index (χ1v) is 10.3. The van der Waals surface area contributed by atoms with Gasteiger partial charge < -0.3 is 9.08 Å². The van der Waals surface area contributed by atoms with Crippen molar-refractivity contribution < 1.29 is 26.2 Å². The molecule has 0 atom stereocenters. The lowest BCUT2D eigenvalue weighted by Gasteiger charge is -2.18. The fraction of sp³-hybridized carbons (Fsp3) is 0.316. The number of carbonyl (C=O) groups excluding carboxylic acids is 1. The molecule has 0 spiro atoms. The van der Waals surface area contributed by atoms with Crippen molar-refractivity contribution in [1.29, 1.82) is 0 Å². The van der Waals surface area contributed by atoms with Gasteiger partial charge in [-0.05, 0) is 42.8 Å². The lowest BCUT2D eigenvalue weighted by atomic mass is 10.3. The second kappa shape index (κ2) is 8.14. The fourth-order valence-electron chi connectivity index (χ4n) is 2.87. The van der Waals surface area contributed by atoms with Gasteiger partial charge in [-0.3, -0.25) is 4.90 Å². The molecule has 0 saturated carbocycles. The molecule has 6 nitrogen and oxygen atoms in total. The van der Waals surface area contributed by atoms with Crippen LogP contribution in [-0.4, -0.2) is 39.0 Å². The second-order valence-corrected chi connectivity index (χ2v) is 7.93. The molecule has 1 saturated heterocycles. The number of rotatable bonds is 7. The van der Waals surface area contributed by atoms with Gasteiger partial charge in [0.15, 0.2) is 11.6 Å². The van der Waals surface area contributed by atoms with Crippen LogP contribution in [0.25, 0.3) is 0 Å². The van der Waals surface area contributed by atoms with Crippen molar-refractivity contribution in [3.05, 3.63) is 54.1 Å². The number of anilines is 1. The molecule has 1 aliphatic rings. The smallest absolute Gasteiger partial charge is 0.339 e. The number of hydrogen-bond acceptors (Lipinski definition) is 4. The Morgan fingerprint density at radius 3 is 2.39 bits per heavy atom. The third-order valence-corrected chi connectivity index (χ3v) is 5.67. The summed E-state index contributed by atoms with van der Waals surface area (Å²) in [6, 6.07) is 8.02. The summed E-state index contributed by atoms with van der Waals surface area (Å²) in [5.41, 5.74) is 0.579. The number of amides is 2. The van der Waals surface area contributed by atoms with Crippen molar-refractivity contribution >= 4 is 21.8 Å². The van der Waals surface area contributed by atoms with Crippen LogP contribution in [-0.2, 0) is 10.1 Å². The van der Waals surface area contributed by atoms with Gasteiger partial charge in [0.05, 0.1) is 0 Å². The molecule has 2 aromatic carbocycles. The van der Waals surface area contributed by atoms with Gasteiger partial charge in [0.2, 0.25) is 0 Å². The molecular formula is C19H20F2N2O4S. The molecular weight excluding hydrogens is 390 g/mol. The number of hydrogen-bond donors (Lipinski definition) is 0. The van der Waals surface area contributed by atoms with Gasteiger partial charge in [0, 0.05) is 31.4 Å². The van der Waals surface area contributed by atoms with Gasteiger partial charge in [-0.25, -0.2) is 13.6 Å². The summed E-state index contributed by atoms with van der Waals surface area (Å²) in [7, 11) is -4.22. The first-order valence-electron chi connectivity index (χ1n) is 8.88. The number of urea groups is 1. The SMILES string of the molecule is CCCCN1CCN(c2ccc(S(=O)(=O)Oc3ccc(F)c(F)c3)cc2)C1=O. The summed E-state index contributed by atoms with van der Waals surface area (Å²) in [6.45, 7) is 3.90. The Morgan fingerprint density at radius 2 is 1.75 bits per heavy atom. The molecule has 0 radical (unpaired) electrons. The zero-order chi connectivity index (χ0) is 20.3. The highest BCUT2D eigenvalue weighted by Crippen LogP contribution is 2.25. The molecule has 2 aromatic rings. The van der Waals surface area contributed by atoms with Crippen molar-refractivity contribution in [3.8, 4) is 5.75 Å². The van der Waals surface area contributed by atoms with Crippen LogP contribution >= 0.6 is 0 Å². The van der Waals surface area contributed by atoms with Crippen LogP contribution in [0.3, 0.4) is 0 Å². The van der Waals surface area contributed by atoms with E-state index in [2.05, 4.69) is 6.92 Å². The number of unbranched alkanes of at least 4 members (excludes halogenated alkanes) is 1. The van der Waals surface area contributed by atoms with Crippen LogP contribution in [0.1, 0.15) is 19.8 Å². The summed E-state index contributed by atoms with van der Waals surface area (Å²) < 4.78 is 55.7. The first kappa shape index (κ1) is 20.1. The minimum Gasteiger partial charge on any atom is -0.379 e. The van der Waals surface area contributed by atoms with Crippen LogP contribution in [0.2, 0.25) is 0 Å². The van der Waals surface area contributed by atoms with Gasteiger partial charge in [0.1, 0.15) is 10.6 Å². The zero-order valence-corrected chi connectivity index (χ0v) is 16.1. The van der Waals surface area contributed by atoms with Gasteiger partial charge >= 0.3 is 16.1 Å². The number of nitrogens with zero attached hydrogens (tertiary/aromatic N) is 2. The van der Waals surface area contributed by atoms with Crippen molar-refractivity contribution in [2.24, 2.45) is 0 Å². The van der Waals surface area contributed by atoms with E-state index in [1.165, 1.54) is 24.3 Å². The molecule has 28 heavy (non-hydrogen) atoms. The predicted molar refractivity (Wildman–Crippen MR) is 99.8 cm³/mol. The Labute approximate surface area is 162 Å². The predicted octanol–water partition coefficient (Wildman–Crippen LogP) is 3.77. The monoisotopic (exact) mass is 410 g/mol. The summed E-state index contributed by atoms with van der Waals surface area (Å²) in [4.78, 5) is 15.6. The van der Waals surface area contributed by atoms with E-state index in [-0.39, 0.29) is 16.7 Å². The number of carbonyl (C=O) groups is 1. The van der Waals surface area contributed by atoms with E-state index in [0.717, 1.165) is 25.0 Å². The molecule has 9 heteroatoms. The summed E-state index contributed by atoms with van der Waals surface area (Å²) >= 11 is 0. The van der Waals surface area contributed by atoms with E-state index < -0.39 is 21.8 Å². The minimum atomic E-state index is -4.22. The minimum absolute atomic E-state index is 0.109. The van der Waals surface area contributed by atoms with E-state index in [9.17, 15) is 22.0 Å². The molecule has 3 rings (SSSR count). The van der Waals surface area contributed by atoms with Gasteiger partial charge in [-0.1, -0.05) is 13.3 Å². The van der Waals surface area contributed by atoms with Crippen LogP contribution in [0, 0.1) is 11.6 Å². The zero-order valence-electron chi connectivity index (χ0n) is 15.3. The standard InChI is InChI=1S/C19H20F2N2O4S/c1-2-3-10-22-11-12-23(19(22)24)14-4-7-16(8-5-14)28(25,26)27-15-6-9-17(20)18(21)13-15/h4-9,13H,2-3,10-12H2,1H3. The Hall–Kier alpha value is -2.68. The van der Waals surface area contributed by atoms with Crippen LogP contribution in [0.5, 0.6) is 5.75 Å². The molecule has 0 unspecified atom stereocenters. The van der Waals surface area contributed by atoms with Gasteiger partial charge in [0.25, 0.3) is 0 Å². The van der Waals surface area contributed by atoms with Gasteiger partial charge in [-0.15, -0.1) is 0 Å². The lowest BCUT2D eigenvalue weighted by Crippen LogP contribution is -2.32. The average Bonchev–Trinajstić information content (AvgIpc) is 3.03. The largest absolute Gasteiger partial charge is 0.379 e. The van der Waals surface area contributed by atoms with E-state index in [0.29, 0.717) is 31.4 Å². The van der Waals surface area contributed by atoms with Crippen LogP contribution in [0.4, 0.5) is 19.3 Å². The van der Waals surface area contributed by atoms with Crippen molar-refractivity contribution in [3.63, 3.8) is 0 Å². The lowest BCUT2D eigenvalue weighted by molar-refractivity contribution is 0.220. The summed E-state index contributed by atoms with van der Waals surface area (Å²) in [5.74, 6) is -2.63. The number of benzene rings is 2. The van der Waals surface area contributed by atoms with E-state index in [1.54, 1.807) is 9.80 Å². The molecule has 1 aliphatic heterocycles. The van der Waals surface area contributed by atoms with E-state index >= 15 is 0 Å². The molecule has 2 amide bonds. The third kappa shape index (κ3) is 4.24. The highest BCUT2D eigenvalue weighted by molar-refractivity contribution is 7.87.